The Morgan fingerprint density at radius 3 is 3.10 bits per heavy atom. The summed E-state index contributed by atoms with van der Waals surface area (Å²) in [6.07, 6.45) is -0.730. The number of aliphatic hydroxyl groups excluding tert-OH is 2. The van der Waals surface area contributed by atoms with E-state index in [1.165, 1.54) is 18.0 Å². The number of methoxy groups -OCH3 is 1. The Balaban J connectivity index is 2.08. The van der Waals surface area contributed by atoms with Gasteiger partial charge in [0.15, 0.2) is 17.4 Å². The van der Waals surface area contributed by atoms with E-state index < -0.39 is 30.1 Å². The third-order valence-electron chi connectivity index (χ3n) is 3.71. The van der Waals surface area contributed by atoms with Crippen molar-refractivity contribution in [1.82, 2.24) is 19.5 Å². The smallest absolute Gasteiger partial charge is 0.280 e. The van der Waals surface area contributed by atoms with Crippen LogP contribution in [0.1, 0.15) is 6.23 Å². The highest BCUT2D eigenvalue weighted by Crippen LogP contribution is 2.35. The van der Waals surface area contributed by atoms with E-state index in [4.69, 9.17) is 15.2 Å². The van der Waals surface area contributed by atoms with Crippen LogP contribution in [-0.4, -0.2) is 61.8 Å². The Morgan fingerprint density at radius 2 is 2.48 bits per heavy atom. The molecular formula is C11H15N5O5. The maximum absolute atomic E-state index is 11.7. The van der Waals surface area contributed by atoms with E-state index in [0.29, 0.717) is 0 Å². The average molecular weight is 297 g/mol. The van der Waals surface area contributed by atoms with E-state index in [-0.39, 0.29) is 23.7 Å². The Kier molecular flexibility index (Phi) is 3.17. The fourth-order valence-corrected chi connectivity index (χ4v) is 2.41. The highest BCUT2D eigenvalue weighted by molar-refractivity contribution is 5.70. The lowest BCUT2D eigenvalue weighted by Gasteiger charge is -2.28. The number of nitrogens with two attached hydrogens (primary N) is 1. The number of ether oxygens (including phenoxy) is 2. The second-order valence-electron chi connectivity index (χ2n) is 4.85. The van der Waals surface area contributed by atoms with E-state index >= 15 is 0 Å². The van der Waals surface area contributed by atoms with Gasteiger partial charge < -0.3 is 25.4 Å². The predicted molar refractivity (Wildman–Crippen MR) is 70.4 cm³/mol. The van der Waals surface area contributed by atoms with Gasteiger partial charge in [0.1, 0.15) is 11.7 Å². The number of rotatable bonds is 3. The van der Waals surface area contributed by atoms with Gasteiger partial charge in [-0.1, -0.05) is 0 Å². The molecule has 0 saturated carbocycles. The quantitative estimate of drug-likeness (QED) is 0.506. The second kappa shape index (κ2) is 4.77. The maximum atomic E-state index is 11.7. The zero-order chi connectivity index (χ0) is 15.2. The van der Waals surface area contributed by atoms with Gasteiger partial charge in [-0.25, -0.2) is 4.98 Å². The first-order valence-corrected chi connectivity index (χ1v) is 6.20. The number of nitrogen functional groups attached to an aromatic ring is 1. The number of aromatic nitrogens is 4. The van der Waals surface area contributed by atoms with Crippen LogP contribution in [0.5, 0.6) is 0 Å². The number of aromatic amines is 1. The van der Waals surface area contributed by atoms with Crippen molar-refractivity contribution >= 4 is 17.1 Å². The van der Waals surface area contributed by atoms with Crippen LogP contribution in [0.4, 0.5) is 5.95 Å². The highest BCUT2D eigenvalue weighted by atomic mass is 16.6. The summed E-state index contributed by atoms with van der Waals surface area (Å²) in [5.41, 5.74) is 4.07. The summed E-state index contributed by atoms with van der Waals surface area (Å²) in [4.78, 5) is 22.0. The average Bonchev–Trinajstić information content (AvgIpc) is 3.01. The molecule has 10 heteroatoms. The van der Waals surface area contributed by atoms with Crippen molar-refractivity contribution in [2.24, 2.45) is 0 Å². The minimum Gasteiger partial charge on any atom is -0.393 e. The van der Waals surface area contributed by atoms with Crippen LogP contribution >= 0.6 is 0 Å². The molecule has 0 unspecified atom stereocenters. The largest absolute Gasteiger partial charge is 0.393 e. The van der Waals surface area contributed by atoms with Crippen LogP contribution in [0.15, 0.2) is 11.1 Å². The molecule has 1 aliphatic heterocycles. The monoisotopic (exact) mass is 297 g/mol. The summed E-state index contributed by atoms with van der Waals surface area (Å²) >= 11 is 0. The third kappa shape index (κ3) is 1.92. The van der Waals surface area contributed by atoms with E-state index in [1.807, 2.05) is 0 Å². The number of imidazole rings is 1. The molecule has 10 nitrogen and oxygen atoms in total. The third-order valence-corrected chi connectivity index (χ3v) is 3.71. The Hall–Kier alpha value is -2.01. The molecule has 0 amide bonds. The van der Waals surface area contributed by atoms with Crippen molar-refractivity contribution in [3.8, 4) is 0 Å². The molecule has 0 spiro atoms. The number of hydrogen-bond donors (Lipinski definition) is 4. The summed E-state index contributed by atoms with van der Waals surface area (Å²) in [6.45, 7) is -0.422. The molecule has 3 rings (SSSR count). The van der Waals surface area contributed by atoms with Gasteiger partial charge in [0.2, 0.25) is 5.95 Å². The van der Waals surface area contributed by atoms with E-state index in [2.05, 4.69) is 15.0 Å². The first-order chi connectivity index (χ1) is 10.0. The van der Waals surface area contributed by atoms with Crippen molar-refractivity contribution in [3.05, 3.63) is 16.7 Å². The molecule has 1 saturated heterocycles. The number of H-pyrrole nitrogens is 1. The van der Waals surface area contributed by atoms with Crippen LogP contribution in [0.2, 0.25) is 0 Å². The normalized spacial score (nSPS) is 29.3. The van der Waals surface area contributed by atoms with Crippen molar-refractivity contribution in [1.29, 1.82) is 0 Å². The van der Waals surface area contributed by atoms with E-state index in [1.54, 1.807) is 0 Å². The van der Waals surface area contributed by atoms with Crippen LogP contribution < -0.4 is 11.3 Å². The van der Waals surface area contributed by atoms with Crippen molar-refractivity contribution in [2.45, 2.75) is 17.9 Å². The van der Waals surface area contributed by atoms with Gasteiger partial charge in [0.05, 0.1) is 19.5 Å². The van der Waals surface area contributed by atoms with Crippen LogP contribution in [0, 0.1) is 0 Å². The number of anilines is 1. The first kappa shape index (κ1) is 13.9. The van der Waals surface area contributed by atoms with Gasteiger partial charge in [-0.15, -0.1) is 0 Å². The molecule has 2 aromatic rings. The molecule has 0 aliphatic carbocycles. The molecule has 0 bridgehead atoms. The number of nitrogens with zero attached hydrogens (tertiary/aromatic N) is 3. The van der Waals surface area contributed by atoms with E-state index in [0.717, 1.165) is 0 Å². The van der Waals surface area contributed by atoms with Gasteiger partial charge in [-0.3, -0.25) is 14.3 Å². The Labute approximate surface area is 118 Å². The predicted octanol–water partition coefficient (Wildman–Crippen LogP) is -2.03. The molecule has 2 aromatic heterocycles. The summed E-state index contributed by atoms with van der Waals surface area (Å²) in [7, 11) is 1.37. The molecular weight excluding hydrogens is 282 g/mol. The standard InChI is InChI=1S/C11H15N5O5/c1-20-11(2-17)3-21-9(6(11)18)16-4-13-5-7(16)14-10(12)15-8(5)19/h4,6,9,17-18H,2-3H2,1H3,(H3,12,14,15,19)/t6-,9+,11-/m0/s1. The van der Waals surface area contributed by atoms with Crippen molar-refractivity contribution < 1.29 is 19.7 Å². The first-order valence-electron chi connectivity index (χ1n) is 6.20. The molecule has 3 atom stereocenters. The van der Waals surface area contributed by atoms with Crippen molar-refractivity contribution in [2.75, 3.05) is 26.1 Å². The molecule has 1 aliphatic rings. The number of nitrogens with one attached hydrogen (secondary N) is 1. The molecule has 0 aromatic carbocycles. The van der Waals surface area contributed by atoms with Crippen LogP contribution in [0.3, 0.4) is 0 Å². The fraction of sp³-hybridized carbons (Fsp3) is 0.545. The van der Waals surface area contributed by atoms with Crippen LogP contribution in [-0.2, 0) is 9.47 Å². The summed E-state index contributed by atoms with van der Waals surface area (Å²) < 4.78 is 12.1. The zero-order valence-corrected chi connectivity index (χ0v) is 11.2. The summed E-state index contributed by atoms with van der Waals surface area (Å²) in [5, 5.41) is 19.8. The molecule has 0 radical (unpaired) electrons. The number of hydrogen-bond acceptors (Lipinski definition) is 8. The van der Waals surface area contributed by atoms with Crippen LogP contribution in [0.25, 0.3) is 11.2 Å². The Bertz CT molecular complexity index is 721. The summed E-state index contributed by atoms with van der Waals surface area (Å²) in [5.74, 6) is -0.0677. The van der Waals surface area contributed by atoms with Gasteiger partial charge in [0, 0.05) is 7.11 Å². The topological polar surface area (TPSA) is 149 Å². The lowest BCUT2D eigenvalue weighted by atomic mass is 10.00. The zero-order valence-electron chi connectivity index (χ0n) is 11.2. The highest BCUT2D eigenvalue weighted by Gasteiger charge is 2.50. The molecule has 114 valence electrons. The minimum atomic E-state index is -1.23. The molecule has 3 heterocycles. The molecule has 5 N–H and O–H groups in total. The van der Waals surface area contributed by atoms with E-state index in [9.17, 15) is 15.0 Å². The Morgan fingerprint density at radius 1 is 1.71 bits per heavy atom. The van der Waals surface area contributed by atoms with Gasteiger partial charge in [-0.2, -0.15) is 4.98 Å². The SMILES string of the molecule is CO[C@@]1(CO)CO[C@@H](n2cnc3c(=O)[nH]c(N)nc32)[C@@H]1O. The van der Waals surface area contributed by atoms with Gasteiger partial charge in [-0.05, 0) is 0 Å². The maximum Gasteiger partial charge on any atom is 0.280 e. The van der Waals surface area contributed by atoms with Crippen molar-refractivity contribution in [3.63, 3.8) is 0 Å². The number of fused-ring (bicyclic) bond motifs is 1. The minimum absolute atomic E-state index is 0.00974. The lowest BCUT2D eigenvalue weighted by molar-refractivity contribution is -0.112. The fourth-order valence-electron chi connectivity index (χ4n) is 2.41. The van der Waals surface area contributed by atoms with Gasteiger partial charge >= 0.3 is 0 Å². The number of aliphatic hydroxyl groups is 2. The van der Waals surface area contributed by atoms with Gasteiger partial charge in [0.25, 0.3) is 5.56 Å². The lowest BCUT2D eigenvalue weighted by Crippen LogP contribution is -2.47. The summed E-state index contributed by atoms with van der Waals surface area (Å²) in [6, 6.07) is 0. The second-order valence-corrected chi connectivity index (χ2v) is 4.85. The molecule has 21 heavy (non-hydrogen) atoms. The molecule has 1 fully saturated rings.